The largest absolute Gasteiger partial charge is 0.384 e. The van der Waals surface area contributed by atoms with Crippen LogP contribution in [-0.4, -0.2) is 40.2 Å². The standard InChI is InChI=1S/C17H23N5O/c1-13-10-16(18)22(20-13)12-17(23)19-7-9-21-8-6-14-4-2-3-5-15(14)11-21/h2-5,10H,6-9,11-12,18H2,1H3,(H,19,23). The molecule has 0 saturated carbocycles. The van der Waals surface area contributed by atoms with Gasteiger partial charge in [-0.1, -0.05) is 24.3 Å². The van der Waals surface area contributed by atoms with Crippen LogP contribution < -0.4 is 11.1 Å². The molecule has 0 unspecified atom stereocenters. The molecule has 2 aromatic rings. The average Bonchev–Trinajstić information content (AvgIpc) is 2.84. The molecule has 1 amide bonds. The number of nitrogens with two attached hydrogens (primary N) is 1. The fourth-order valence-electron chi connectivity index (χ4n) is 2.98. The minimum atomic E-state index is -0.0581. The predicted octanol–water partition coefficient (Wildman–Crippen LogP) is 0.948. The Morgan fingerprint density at radius 3 is 2.87 bits per heavy atom. The molecule has 1 aliphatic rings. The lowest BCUT2D eigenvalue weighted by Crippen LogP contribution is -2.38. The van der Waals surface area contributed by atoms with E-state index in [-0.39, 0.29) is 12.5 Å². The molecule has 0 atom stereocenters. The van der Waals surface area contributed by atoms with Crippen molar-refractivity contribution in [3.8, 4) is 0 Å². The molecule has 6 nitrogen and oxygen atoms in total. The van der Waals surface area contributed by atoms with E-state index in [9.17, 15) is 4.79 Å². The van der Waals surface area contributed by atoms with E-state index in [4.69, 9.17) is 5.73 Å². The Kier molecular flexibility index (Phi) is 4.62. The fraction of sp³-hybridized carbons (Fsp3) is 0.412. The third kappa shape index (κ3) is 3.90. The highest BCUT2D eigenvalue weighted by molar-refractivity contribution is 5.76. The van der Waals surface area contributed by atoms with Gasteiger partial charge in [-0.2, -0.15) is 5.10 Å². The quantitative estimate of drug-likeness (QED) is 0.862. The molecular weight excluding hydrogens is 290 g/mol. The molecule has 122 valence electrons. The SMILES string of the molecule is Cc1cc(N)n(CC(=O)NCCN2CCc3ccccc3C2)n1. The Morgan fingerprint density at radius 2 is 2.13 bits per heavy atom. The minimum Gasteiger partial charge on any atom is -0.384 e. The second-order valence-electron chi connectivity index (χ2n) is 6.01. The molecule has 3 N–H and O–H groups in total. The minimum absolute atomic E-state index is 0.0581. The van der Waals surface area contributed by atoms with Crippen molar-refractivity contribution in [1.82, 2.24) is 20.0 Å². The maximum atomic E-state index is 12.0. The van der Waals surface area contributed by atoms with Crippen LogP contribution in [0.5, 0.6) is 0 Å². The Labute approximate surface area is 136 Å². The lowest BCUT2D eigenvalue weighted by atomic mass is 10.00. The van der Waals surface area contributed by atoms with E-state index < -0.39 is 0 Å². The van der Waals surface area contributed by atoms with Gasteiger partial charge in [0, 0.05) is 32.2 Å². The van der Waals surface area contributed by atoms with Gasteiger partial charge >= 0.3 is 0 Å². The second-order valence-corrected chi connectivity index (χ2v) is 6.01. The summed E-state index contributed by atoms with van der Waals surface area (Å²) in [6.07, 6.45) is 1.08. The summed E-state index contributed by atoms with van der Waals surface area (Å²) < 4.78 is 1.53. The number of carbonyl (C=O) groups excluding carboxylic acids is 1. The number of fused-ring (bicyclic) bond motifs is 1. The van der Waals surface area contributed by atoms with Gasteiger partial charge in [-0.25, -0.2) is 4.68 Å². The summed E-state index contributed by atoms with van der Waals surface area (Å²) >= 11 is 0. The molecule has 3 rings (SSSR count). The first kappa shape index (κ1) is 15.6. The number of benzene rings is 1. The molecule has 0 radical (unpaired) electrons. The normalized spacial score (nSPS) is 14.5. The Bertz CT molecular complexity index is 694. The smallest absolute Gasteiger partial charge is 0.241 e. The van der Waals surface area contributed by atoms with E-state index in [0.717, 1.165) is 31.7 Å². The summed E-state index contributed by atoms with van der Waals surface area (Å²) in [7, 11) is 0. The first-order valence-electron chi connectivity index (χ1n) is 7.97. The molecule has 0 bridgehead atoms. The van der Waals surface area contributed by atoms with Gasteiger partial charge in [-0.15, -0.1) is 0 Å². The van der Waals surface area contributed by atoms with Crippen LogP contribution in [0.2, 0.25) is 0 Å². The van der Waals surface area contributed by atoms with Gasteiger partial charge in [0.25, 0.3) is 0 Å². The van der Waals surface area contributed by atoms with Crippen LogP contribution >= 0.6 is 0 Å². The molecule has 0 aliphatic carbocycles. The highest BCUT2D eigenvalue weighted by Crippen LogP contribution is 2.17. The van der Waals surface area contributed by atoms with Crippen LogP contribution in [-0.2, 0) is 24.3 Å². The monoisotopic (exact) mass is 313 g/mol. The summed E-state index contributed by atoms with van der Waals surface area (Å²) in [6, 6.07) is 10.3. The molecule has 1 aromatic heterocycles. The van der Waals surface area contributed by atoms with E-state index in [2.05, 4.69) is 39.6 Å². The number of nitrogens with zero attached hydrogens (tertiary/aromatic N) is 3. The maximum absolute atomic E-state index is 12.0. The third-order valence-corrected chi connectivity index (χ3v) is 4.19. The molecule has 0 saturated heterocycles. The van der Waals surface area contributed by atoms with Crippen LogP contribution in [0.1, 0.15) is 16.8 Å². The predicted molar refractivity (Wildman–Crippen MR) is 89.8 cm³/mol. The van der Waals surface area contributed by atoms with E-state index >= 15 is 0 Å². The number of nitrogen functional groups attached to an aromatic ring is 1. The van der Waals surface area contributed by atoms with Crippen molar-refractivity contribution in [3.05, 3.63) is 47.2 Å². The summed E-state index contributed by atoms with van der Waals surface area (Å²) in [5.74, 6) is 0.461. The van der Waals surface area contributed by atoms with Gasteiger partial charge in [0.1, 0.15) is 12.4 Å². The van der Waals surface area contributed by atoms with Gasteiger partial charge in [-0.05, 0) is 24.5 Å². The van der Waals surface area contributed by atoms with Crippen molar-refractivity contribution < 1.29 is 4.79 Å². The van der Waals surface area contributed by atoms with Crippen molar-refractivity contribution in [2.45, 2.75) is 26.4 Å². The average molecular weight is 313 g/mol. The van der Waals surface area contributed by atoms with E-state index in [1.165, 1.54) is 15.8 Å². The van der Waals surface area contributed by atoms with Crippen molar-refractivity contribution in [2.24, 2.45) is 0 Å². The first-order valence-corrected chi connectivity index (χ1v) is 7.97. The molecule has 2 heterocycles. The zero-order chi connectivity index (χ0) is 16.2. The van der Waals surface area contributed by atoms with Crippen LogP contribution in [0.15, 0.2) is 30.3 Å². The van der Waals surface area contributed by atoms with Gasteiger partial charge in [0.2, 0.25) is 5.91 Å². The number of hydrogen-bond acceptors (Lipinski definition) is 4. The lowest BCUT2D eigenvalue weighted by Gasteiger charge is -2.28. The number of rotatable bonds is 5. The van der Waals surface area contributed by atoms with E-state index in [1.807, 2.05) is 6.92 Å². The highest BCUT2D eigenvalue weighted by Gasteiger charge is 2.15. The molecule has 1 aliphatic heterocycles. The second kappa shape index (κ2) is 6.83. The van der Waals surface area contributed by atoms with Crippen molar-refractivity contribution >= 4 is 11.7 Å². The Morgan fingerprint density at radius 1 is 1.35 bits per heavy atom. The van der Waals surface area contributed by atoms with Crippen molar-refractivity contribution in [1.29, 1.82) is 0 Å². The van der Waals surface area contributed by atoms with Gasteiger partial charge in [-0.3, -0.25) is 9.69 Å². The first-order chi connectivity index (χ1) is 11.1. The van der Waals surface area contributed by atoms with Crippen LogP contribution in [0.4, 0.5) is 5.82 Å². The fourth-order valence-corrected chi connectivity index (χ4v) is 2.98. The summed E-state index contributed by atoms with van der Waals surface area (Å²) in [6.45, 7) is 5.52. The van der Waals surface area contributed by atoms with Crippen molar-refractivity contribution in [3.63, 3.8) is 0 Å². The molecule has 6 heteroatoms. The number of amides is 1. The molecule has 0 spiro atoms. The number of anilines is 1. The Hall–Kier alpha value is -2.34. The van der Waals surface area contributed by atoms with E-state index in [1.54, 1.807) is 6.07 Å². The third-order valence-electron chi connectivity index (χ3n) is 4.19. The van der Waals surface area contributed by atoms with Crippen LogP contribution in [0.25, 0.3) is 0 Å². The summed E-state index contributed by atoms with van der Waals surface area (Å²) in [5.41, 5.74) is 9.45. The number of nitrogens with one attached hydrogen (secondary N) is 1. The molecular formula is C17H23N5O. The number of aryl methyl sites for hydroxylation is 1. The summed E-state index contributed by atoms with van der Waals surface area (Å²) in [4.78, 5) is 14.3. The number of hydrogen-bond donors (Lipinski definition) is 2. The Balaban J connectivity index is 1.43. The van der Waals surface area contributed by atoms with Crippen molar-refractivity contribution in [2.75, 3.05) is 25.4 Å². The van der Waals surface area contributed by atoms with Crippen LogP contribution in [0.3, 0.4) is 0 Å². The zero-order valence-electron chi connectivity index (χ0n) is 13.5. The molecule has 0 fully saturated rings. The topological polar surface area (TPSA) is 76.2 Å². The summed E-state index contributed by atoms with van der Waals surface area (Å²) in [5, 5.41) is 7.14. The number of carbonyl (C=O) groups is 1. The number of aromatic nitrogens is 2. The van der Waals surface area contributed by atoms with Gasteiger partial charge in [0.05, 0.1) is 5.69 Å². The zero-order valence-corrected chi connectivity index (χ0v) is 13.5. The van der Waals surface area contributed by atoms with Gasteiger partial charge in [0.15, 0.2) is 0 Å². The molecule has 1 aromatic carbocycles. The van der Waals surface area contributed by atoms with Crippen LogP contribution in [0, 0.1) is 6.92 Å². The van der Waals surface area contributed by atoms with Gasteiger partial charge < -0.3 is 11.1 Å². The highest BCUT2D eigenvalue weighted by atomic mass is 16.2. The maximum Gasteiger partial charge on any atom is 0.241 e. The lowest BCUT2D eigenvalue weighted by molar-refractivity contribution is -0.121. The molecule has 23 heavy (non-hydrogen) atoms. The van der Waals surface area contributed by atoms with E-state index in [0.29, 0.717) is 12.4 Å².